The van der Waals surface area contributed by atoms with Gasteiger partial charge in [-0.1, -0.05) is 6.92 Å². The van der Waals surface area contributed by atoms with Crippen molar-refractivity contribution < 1.29 is 5.11 Å². The molecular weight excluding hydrogens is 230 g/mol. The van der Waals surface area contributed by atoms with E-state index in [0.29, 0.717) is 5.92 Å². The second-order valence-electron chi connectivity index (χ2n) is 3.29. The number of pyridine rings is 1. The fourth-order valence-electron chi connectivity index (χ4n) is 1.04. The molecule has 1 unspecified atom stereocenters. The molecule has 0 aliphatic carbocycles. The lowest BCUT2D eigenvalue weighted by atomic mass is 10.1. The van der Waals surface area contributed by atoms with Crippen molar-refractivity contribution in [3.05, 3.63) is 28.5 Å². The number of aliphatic hydroxyl groups is 1. The predicted molar refractivity (Wildman–Crippen MR) is 56.5 cm³/mol. The smallest absolute Gasteiger partial charge is 0.0456 e. The van der Waals surface area contributed by atoms with Crippen LogP contribution < -0.4 is 0 Å². The Labute approximate surface area is 87.1 Å². The Balaban J connectivity index is 2.41. The van der Waals surface area contributed by atoms with Crippen molar-refractivity contribution in [2.45, 2.75) is 19.8 Å². The second-order valence-corrected chi connectivity index (χ2v) is 4.21. The third-order valence-corrected chi connectivity index (χ3v) is 2.46. The first kappa shape index (κ1) is 10.7. The van der Waals surface area contributed by atoms with Gasteiger partial charge in [-0.15, -0.1) is 0 Å². The van der Waals surface area contributed by atoms with E-state index in [9.17, 15) is 0 Å². The van der Waals surface area contributed by atoms with Crippen LogP contribution in [0.25, 0.3) is 0 Å². The molecular formula is C10H14BrNO. The van der Waals surface area contributed by atoms with Crippen molar-refractivity contribution in [1.29, 1.82) is 0 Å². The first-order valence-corrected chi connectivity index (χ1v) is 5.23. The van der Waals surface area contributed by atoms with Gasteiger partial charge in [0.05, 0.1) is 0 Å². The van der Waals surface area contributed by atoms with Crippen LogP contribution in [0.4, 0.5) is 0 Å². The maximum absolute atomic E-state index is 8.83. The summed E-state index contributed by atoms with van der Waals surface area (Å²) in [6, 6.07) is 4.00. The summed E-state index contributed by atoms with van der Waals surface area (Å²) in [6.07, 6.45) is 3.74. The Bertz CT molecular complexity index is 248. The normalized spacial score (nSPS) is 12.8. The molecule has 1 N–H and O–H groups in total. The molecule has 0 spiro atoms. The Morgan fingerprint density at radius 2 is 2.31 bits per heavy atom. The van der Waals surface area contributed by atoms with Crippen LogP contribution in [0.15, 0.2) is 22.8 Å². The number of halogens is 1. The van der Waals surface area contributed by atoms with E-state index in [-0.39, 0.29) is 6.61 Å². The molecule has 0 amide bonds. The van der Waals surface area contributed by atoms with Gasteiger partial charge in [0.25, 0.3) is 0 Å². The molecule has 0 aliphatic rings. The van der Waals surface area contributed by atoms with E-state index in [1.807, 2.05) is 19.1 Å². The number of aryl methyl sites for hydroxylation is 1. The molecule has 0 aromatic carbocycles. The number of hydrogen-bond acceptors (Lipinski definition) is 2. The van der Waals surface area contributed by atoms with Crippen molar-refractivity contribution in [1.82, 2.24) is 4.98 Å². The molecule has 0 aliphatic heterocycles. The summed E-state index contributed by atoms with van der Waals surface area (Å²) in [5.74, 6) is 0.366. The molecule has 1 heterocycles. The molecule has 0 saturated heterocycles. The van der Waals surface area contributed by atoms with Gasteiger partial charge >= 0.3 is 0 Å². The lowest BCUT2D eigenvalue weighted by molar-refractivity contribution is 0.230. The molecule has 1 rings (SSSR count). The highest BCUT2D eigenvalue weighted by molar-refractivity contribution is 9.10. The Morgan fingerprint density at radius 3 is 2.85 bits per heavy atom. The Morgan fingerprint density at radius 1 is 1.54 bits per heavy atom. The van der Waals surface area contributed by atoms with E-state index < -0.39 is 0 Å². The number of hydrogen-bond donors (Lipinski definition) is 1. The molecule has 0 fully saturated rings. The number of aromatic nitrogens is 1. The van der Waals surface area contributed by atoms with Crippen LogP contribution in [-0.2, 0) is 6.42 Å². The van der Waals surface area contributed by atoms with Crippen LogP contribution in [0.5, 0.6) is 0 Å². The molecule has 0 saturated carbocycles. The average Bonchev–Trinajstić information content (AvgIpc) is 2.16. The standard InChI is InChI=1S/C10H14BrNO/c1-8(7-13)2-4-10-5-3-9(11)6-12-10/h3,5-6,8,13H,2,4,7H2,1H3. The molecule has 0 bridgehead atoms. The summed E-state index contributed by atoms with van der Waals surface area (Å²) in [4.78, 5) is 4.26. The van der Waals surface area contributed by atoms with Gasteiger partial charge in [-0.25, -0.2) is 0 Å². The minimum absolute atomic E-state index is 0.260. The number of nitrogens with zero attached hydrogens (tertiary/aromatic N) is 1. The highest BCUT2D eigenvalue weighted by Gasteiger charge is 2.01. The predicted octanol–water partition coefficient (Wildman–Crippen LogP) is 2.41. The minimum Gasteiger partial charge on any atom is -0.396 e. The van der Waals surface area contributed by atoms with Crippen LogP contribution in [0.3, 0.4) is 0 Å². The first-order chi connectivity index (χ1) is 6.22. The maximum Gasteiger partial charge on any atom is 0.0456 e. The molecule has 3 heteroatoms. The van der Waals surface area contributed by atoms with E-state index in [0.717, 1.165) is 23.0 Å². The van der Waals surface area contributed by atoms with Crippen molar-refractivity contribution in [2.75, 3.05) is 6.61 Å². The highest BCUT2D eigenvalue weighted by atomic mass is 79.9. The molecule has 72 valence electrons. The van der Waals surface area contributed by atoms with Gasteiger partial charge in [-0.3, -0.25) is 4.98 Å². The van der Waals surface area contributed by atoms with Gasteiger partial charge in [-0.05, 0) is 46.8 Å². The summed E-state index contributed by atoms with van der Waals surface area (Å²) in [6.45, 7) is 2.30. The quantitative estimate of drug-likeness (QED) is 0.882. The Kier molecular flexibility index (Phi) is 4.39. The minimum atomic E-state index is 0.260. The first-order valence-electron chi connectivity index (χ1n) is 4.43. The van der Waals surface area contributed by atoms with E-state index in [1.54, 1.807) is 6.20 Å². The van der Waals surface area contributed by atoms with Crippen LogP contribution in [0, 0.1) is 5.92 Å². The fraction of sp³-hybridized carbons (Fsp3) is 0.500. The molecule has 1 atom stereocenters. The summed E-state index contributed by atoms with van der Waals surface area (Å²) in [7, 11) is 0. The van der Waals surface area contributed by atoms with Gasteiger partial charge in [0, 0.05) is 23.0 Å². The molecule has 1 aromatic rings. The summed E-state index contributed by atoms with van der Waals surface area (Å²) in [5, 5.41) is 8.83. The van der Waals surface area contributed by atoms with Crippen LogP contribution in [0.1, 0.15) is 19.0 Å². The van der Waals surface area contributed by atoms with Crippen molar-refractivity contribution in [2.24, 2.45) is 5.92 Å². The summed E-state index contributed by atoms with van der Waals surface area (Å²) >= 11 is 3.34. The van der Waals surface area contributed by atoms with Crippen molar-refractivity contribution >= 4 is 15.9 Å². The van der Waals surface area contributed by atoms with E-state index in [1.165, 1.54) is 0 Å². The zero-order valence-electron chi connectivity index (χ0n) is 7.70. The zero-order valence-corrected chi connectivity index (χ0v) is 9.29. The van der Waals surface area contributed by atoms with Gasteiger partial charge in [0.15, 0.2) is 0 Å². The van der Waals surface area contributed by atoms with Crippen LogP contribution in [-0.4, -0.2) is 16.7 Å². The topological polar surface area (TPSA) is 33.1 Å². The fourth-order valence-corrected chi connectivity index (χ4v) is 1.27. The lowest BCUT2D eigenvalue weighted by Crippen LogP contribution is -2.02. The molecule has 2 nitrogen and oxygen atoms in total. The average molecular weight is 244 g/mol. The third-order valence-electron chi connectivity index (χ3n) is 1.99. The van der Waals surface area contributed by atoms with Gasteiger partial charge in [-0.2, -0.15) is 0 Å². The SMILES string of the molecule is CC(CO)CCc1ccc(Br)cn1. The second kappa shape index (κ2) is 5.35. The van der Waals surface area contributed by atoms with Gasteiger partial charge in [0.1, 0.15) is 0 Å². The molecule has 1 aromatic heterocycles. The van der Waals surface area contributed by atoms with Crippen LogP contribution in [0.2, 0.25) is 0 Å². The van der Waals surface area contributed by atoms with E-state index in [2.05, 4.69) is 20.9 Å². The number of aliphatic hydroxyl groups excluding tert-OH is 1. The summed E-state index contributed by atoms with van der Waals surface area (Å²) in [5.41, 5.74) is 1.09. The van der Waals surface area contributed by atoms with Crippen LogP contribution >= 0.6 is 15.9 Å². The van der Waals surface area contributed by atoms with Crippen molar-refractivity contribution in [3.63, 3.8) is 0 Å². The largest absolute Gasteiger partial charge is 0.396 e. The maximum atomic E-state index is 8.83. The van der Waals surface area contributed by atoms with E-state index >= 15 is 0 Å². The lowest BCUT2D eigenvalue weighted by Gasteiger charge is -2.06. The van der Waals surface area contributed by atoms with E-state index in [4.69, 9.17) is 5.11 Å². The van der Waals surface area contributed by atoms with Gasteiger partial charge in [0.2, 0.25) is 0 Å². The Hall–Kier alpha value is -0.410. The number of rotatable bonds is 4. The van der Waals surface area contributed by atoms with Gasteiger partial charge < -0.3 is 5.11 Å². The third kappa shape index (κ3) is 3.87. The zero-order chi connectivity index (χ0) is 9.68. The summed E-state index contributed by atoms with van der Waals surface area (Å²) < 4.78 is 1.01. The molecule has 13 heavy (non-hydrogen) atoms. The molecule has 0 radical (unpaired) electrons. The highest BCUT2D eigenvalue weighted by Crippen LogP contribution is 2.10. The van der Waals surface area contributed by atoms with Crippen molar-refractivity contribution in [3.8, 4) is 0 Å². The monoisotopic (exact) mass is 243 g/mol.